The Hall–Kier alpha value is -3.13. The highest BCUT2D eigenvalue weighted by Crippen LogP contribution is 2.47. The molecule has 0 bridgehead atoms. The quantitative estimate of drug-likeness (QED) is 0.321. The highest BCUT2D eigenvalue weighted by molar-refractivity contribution is 6.12. The van der Waals surface area contributed by atoms with Gasteiger partial charge in [-0.2, -0.15) is 0 Å². The van der Waals surface area contributed by atoms with E-state index in [-0.39, 0.29) is 31.0 Å². The van der Waals surface area contributed by atoms with Crippen molar-refractivity contribution < 1.29 is 33.3 Å². The van der Waals surface area contributed by atoms with Gasteiger partial charge in [0.15, 0.2) is 5.78 Å². The van der Waals surface area contributed by atoms with Crippen molar-refractivity contribution in [2.45, 2.75) is 53.1 Å². The topological polar surface area (TPSA) is 100 Å². The first kappa shape index (κ1) is 26.5. The van der Waals surface area contributed by atoms with E-state index in [1.807, 2.05) is 52.0 Å². The van der Waals surface area contributed by atoms with Gasteiger partial charge in [-0.25, -0.2) is 4.79 Å². The van der Waals surface area contributed by atoms with E-state index < -0.39 is 23.8 Å². The third kappa shape index (κ3) is 5.59. The SMILES string of the molecule is CCOCCOC(=O)C1=C(C)NC2=C(C(=O)[C@@H](C(=O)OC)[C@@H](C)C2)[C@@H]1c1ccccc1OC(C)C. The van der Waals surface area contributed by atoms with E-state index in [0.717, 1.165) is 0 Å². The molecule has 190 valence electrons. The number of carbonyl (C=O) groups excluding carboxylic acids is 3. The van der Waals surface area contributed by atoms with Gasteiger partial charge in [-0.05, 0) is 46.1 Å². The molecule has 1 aliphatic carbocycles. The van der Waals surface area contributed by atoms with Crippen LogP contribution in [0.3, 0.4) is 0 Å². The average Bonchev–Trinajstić information content (AvgIpc) is 2.80. The van der Waals surface area contributed by atoms with Crippen LogP contribution in [0.5, 0.6) is 5.75 Å². The molecule has 3 rings (SSSR count). The number of nitrogens with one attached hydrogen (secondary N) is 1. The van der Waals surface area contributed by atoms with Crippen LogP contribution in [0.25, 0.3) is 0 Å². The summed E-state index contributed by atoms with van der Waals surface area (Å²) < 4.78 is 21.8. The number of ketones is 1. The van der Waals surface area contributed by atoms with Crippen molar-refractivity contribution in [3.05, 3.63) is 52.4 Å². The van der Waals surface area contributed by atoms with E-state index in [0.29, 0.717) is 46.9 Å². The van der Waals surface area contributed by atoms with Gasteiger partial charge in [0.2, 0.25) is 0 Å². The Kier molecular flexibility index (Phi) is 8.72. The van der Waals surface area contributed by atoms with Gasteiger partial charge in [-0.15, -0.1) is 0 Å². The van der Waals surface area contributed by atoms with E-state index in [1.54, 1.807) is 6.92 Å². The molecular formula is C27H35NO7. The summed E-state index contributed by atoms with van der Waals surface area (Å²) in [5, 5.41) is 3.26. The molecule has 3 atom stereocenters. The number of methoxy groups -OCH3 is 1. The number of benzene rings is 1. The summed E-state index contributed by atoms with van der Waals surface area (Å²) in [5.41, 5.74) is 2.66. The van der Waals surface area contributed by atoms with Gasteiger partial charge in [-0.3, -0.25) is 9.59 Å². The Bertz CT molecular complexity index is 1040. The first-order chi connectivity index (χ1) is 16.7. The Morgan fingerprint density at radius 1 is 1.17 bits per heavy atom. The highest BCUT2D eigenvalue weighted by atomic mass is 16.6. The predicted octanol–water partition coefficient (Wildman–Crippen LogP) is 3.67. The Labute approximate surface area is 206 Å². The number of dihydropyridines is 1. The minimum atomic E-state index is -0.949. The van der Waals surface area contributed by atoms with Crippen LogP contribution in [0.1, 0.15) is 52.5 Å². The molecule has 0 fully saturated rings. The first-order valence-electron chi connectivity index (χ1n) is 12.0. The van der Waals surface area contributed by atoms with Crippen LogP contribution in [0.2, 0.25) is 0 Å². The third-order valence-electron chi connectivity index (χ3n) is 6.22. The lowest BCUT2D eigenvalue weighted by molar-refractivity contribution is -0.151. The second-order valence-corrected chi connectivity index (χ2v) is 9.07. The van der Waals surface area contributed by atoms with Gasteiger partial charge < -0.3 is 24.3 Å². The van der Waals surface area contributed by atoms with Gasteiger partial charge in [0.05, 0.1) is 31.3 Å². The van der Waals surface area contributed by atoms with E-state index in [2.05, 4.69) is 5.32 Å². The predicted molar refractivity (Wildman–Crippen MR) is 130 cm³/mol. The lowest BCUT2D eigenvalue weighted by Crippen LogP contribution is -2.43. The number of para-hydroxylation sites is 1. The van der Waals surface area contributed by atoms with Crippen LogP contribution in [-0.2, 0) is 28.6 Å². The highest BCUT2D eigenvalue weighted by Gasteiger charge is 2.47. The van der Waals surface area contributed by atoms with Crippen LogP contribution in [0, 0.1) is 11.8 Å². The molecule has 0 spiro atoms. The van der Waals surface area contributed by atoms with Crippen molar-refractivity contribution in [2.24, 2.45) is 11.8 Å². The van der Waals surface area contributed by atoms with Gasteiger partial charge in [-0.1, -0.05) is 25.1 Å². The maximum Gasteiger partial charge on any atom is 0.336 e. The van der Waals surface area contributed by atoms with E-state index in [9.17, 15) is 14.4 Å². The van der Waals surface area contributed by atoms with Crippen LogP contribution in [0.4, 0.5) is 0 Å². The monoisotopic (exact) mass is 485 g/mol. The minimum absolute atomic E-state index is 0.0853. The number of carbonyl (C=O) groups is 3. The maximum atomic E-state index is 13.8. The van der Waals surface area contributed by atoms with Crippen molar-refractivity contribution in [1.82, 2.24) is 5.32 Å². The second kappa shape index (κ2) is 11.5. The molecular weight excluding hydrogens is 450 g/mol. The molecule has 1 N–H and O–H groups in total. The number of esters is 2. The molecule has 2 aliphatic rings. The Balaban J connectivity index is 2.14. The molecule has 0 unspecified atom stereocenters. The summed E-state index contributed by atoms with van der Waals surface area (Å²) in [6, 6.07) is 7.35. The maximum absolute atomic E-state index is 13.8. The molecule has 8 nitrogen and oxygen atoms in total. The van der Waals surface area contributed by atoms with Crippen molar-refractivity contribution in [3.8, 4) is 5.75 Å². The molecule has 1 heterocycles. The molecule has 1 aromatic rings. The largest absolute Gasteiger partial charge is 0.491 e. The summed E-state index contributed by atoms with van der Waals surface area (Å²) in [6.45, 7) is 10.2. The van der Waals surface area contributed by atoms with Crippen molar-refractivity contribution in [1.29, 1.82) is 0 Å². The summed E-state index contributed by atoms with van der Waals surface area (Å²) in [4.78, 5) is 39.8. The van der Waals surface area contributed by atoms with Gasteiger partial charge in [0.1, 0.15) is 18.3 Å². The minimum Gasteiger partial charge on any atom is -0.491 e. The van der Waals surface area contributed by atoms with Gasteiger partial charge in [0.25, 0.3) is 0 Å². The fourth-order valence-electron chi connectivity index (χ4n) is 4.76. The fraction of sp³-hybridized carbons (Fsp3) is 0.519. The summed E-state index contributed by atoms with van der Waals surface area (Å²) in [6.07, 6.45) is 0.344. The standard InChI is InChI=1S/C27H35NO7/c1-7-33-12-13-34-27(31)22-17(5)28-19-14-16(4)21(26(30)32-6)25(29)24(19)23(22)18-10-8-9-11-20(18)35-15(2)3/h8-11,15-16,21,23,28H,7,12-14H2,1-6H3/t16-,21-,23+/m0/s1. The molecule has 0 aromatic heterocycles. The summed E-state index contributed by atoms with van der Waals surface area (Å²) in [7, 11) is 1.28. The van der Waals surface area contributed by atoms with Gasteiger partial charge >= 0.3 is 11.9 Å². The van der Waals surface area contributed by atoms with Crippen molar-refractivity contribution in [2.75, 3.05) is 26.9 Å². The third-order valence-corrected chi connectivity index (χ3v) is 6.22. The number of ether oxygens (including phenoxy) is 4. The lowest BCUT2D eigenvalue weighted by atomic mass is 9.69. The molecule has 0 saturated carbocycles. The van der Waals surface area contributed by atoms with Crippen LogP contribution < -0.4 is 10.1 Å². The molecule has 1 aromatic carbocycles. The number of allylic oxidation sites excluding steroid dienone is 3. The van der Waals surface area contributed by atoms with Crippen LogP contribution >= 0.6 is 0 Å². The molecule has 0 amide bonds. The van der Waals surface area contributed by atoms with Crippen LogP contribution in [-0.4, -0.2) is 50.8 Å². The van der Waals surface area contributed by atoms with E-state index in [1.165, 1.54) is 7.11 Å². The Morgan fingerprint density at radius 2 is 1.89 bits per heavy atom. The average molecular weight is 486 g/mol. The fourth-order valence-corrected chi connectivity index (χ4v) is 4.76. The smallest absolute Gasteiger partial charge is 0.336 e. The van der Waals surface area contributed by atoms with Crippen molar-refractivity contribution in [3.63, 3.8) is 0 Å². The molecule has 0 radical (unpaired) electrons. The van der Waals surface area contributed by atoms with E-state index >= 15 is 0 Å². The molecule has 1 aliphatic heterocycles. The number of rotatable bonds is 9. The van der Waals surface area contributed by atoms with Crippen LogP contribution in [0.15, 0.2) is 46.8 Å². The zero-order chi connectivity index (χ0) is 25.7. The second-order valence-electron chi connectivity index (χ2n) is 9.07. The number of hydrogen-bond acceptors (Lipinski definition) is 8. The Morgan fingerprint density at radius 3 is 2.54 bits per heavy atom. The van der Waals surface area contributed by atoms with E-state index in [4.69, 9.17) is 18.9 Å². The van der Waals surface area contributed by atoms with Crippen molar-refractivity contribution >= 4 is 17.7 Å². The molecule has 0 saturated heterocycles. The normalized spacial score (nSPS) is 22.0. The van der Waals surface area contributed by atoms with Gasteiger partial charge in [0, 0.05) is 29.1 Å². The zero-order valence-electron chi connectivity index (χ0n) is 21.3. The lowest BCUT2D eigenvalue weighted by Gasteiger charge is -2.38. The first-order valence-corrected chi connectivity index (χ1v) is 12.0. The summed E-state index contributed by atoms with van der Waals surface area (Å²) >= 11 is 0. The molecule has 35 heavy (non-hydrogen) atoms. The number of Topliss-reactive ketones (excluding diaryl/α,β-unsaturated/α-hetero) is 1. The molecule has 8 heteroatoms. The summed E-state index contributed by atoms with van der Waals surface area (Å²) in [5.74, 6) is -2.87. The zero-order valence-corrected chi connectivity index (χ0v) is 21.3. The number of hydrogen-bond donors (Lipinski definition) is 1.